The zero-order chi connectivity index (χ0) is 19.3. The molecule has 2 aliphatic heterocycles. The van der Waals surface area contributed by atoms with Crippen LogP contribution in [0, 0.1) is 11.3 Å². The van der Waals surface area contributed by atoms with Crippen molar-refractivity contribution in [3.63, 3.8) is 0 Å². The molecule has 28 heavy (non-hydrogen) atoms. The van der Waals surface area contributed by atoms with Gasteiger partial charge in [0.25, 0.3) is 0 Å². The summed E-state index contributed by atoms with van der Waals surface area (Å²) in [6, 6.07) is 16.7. The van der Waals surface area contributed by atoms with Crippen LogP contribution in [0.25, 0.3) is 0 Å². The molecule has 0 atom stereocenters. The summed E-state index contributed by atoms with van der Waals surface area (Å²) in [6.45, 7) is 8.86. The Morgan fingerprint density at radius 2 is 1.50 bits per heavy atom. The van der Waals surface area contributed by atoms with Gasteiger partial charge in [0.15, 0.2) is 0 Å². The summed E-state index contributed by atoms with van der Waals surface area (Å²) < 4.78 is 0. The number of benzene rings is 2. The molecule has 5 nitrogen and oxygen atoms in total. The second kappa shape index (κ2) is 8.83. The molecule has 2 heterocycles. The molecule has 0 amide bonds. The fourth-order valence-electron chi connectivity index (χ4n) is 4.00. The molecule has 6 heteroatoms. The van der Waals surface area contributed by atoms with Crippen LogP contribution in [0.1, 0.15) is 11.1 Å². The van der Waals surface area contributed by atoms with Crippen LogP contribution in [0.5, 0.6) is 0 Å². The zero-order valence-electron chi connectivity index (χ0n) is 16.1. The highest BCUT2D eigenvalue weighted by Gasteiger charge is 2.19. The van der Waals surface area contributed by atoms with Crippen LogP contribution in [0.15, 0.2) is 42.5 Å². The summed E-state index contributed by atoms with van der Waals surface area (Å²) in [7, 11) is 0. The highest BCUT2D eigenvalue weighted by molar-refractivity contribution is 6.30. The normalized spacial score (nSPS) is 18.1. The van der Waals surface area contributed by atoms with Gasteiger partial charge in [-0.25, -0.2) is 0 Å². The van der Waals surface area contributed by atoms with E-state index in [9.17, 15) is 5.26 Å². The summed E-state index contributed by atoms with van der Waals surface area (Å²) in [4.78, 5) is 7.25. The first kappa shape index (κ1) is 19.1. The van der Waals surface area contributed by atoms with Crippen LogP contribution in [-0.2, 0) is 6.54 Å². The van der Waals surface area contributed by atoms with Crippen LogP contribution in [-0.4, -0.2) is 57.3 Å². The predicted octanol–water partition coefficient (Wildman–Crippen LogP) is 2.94. The van der Waals surface area contributed by atoms with E-state index in [0.717, 1.165) is 75.1 Å². The third-order valence-electron chi connectivity index (χ3n) is 5.65. The molecule has 0 aromatic heterocycles. The van der Waals surface area contributed by atoms with Crippen LogP contribution < -0.4 is 15.1 Å². The average Bonchev–Trinajstić information content (AvgIpc) is 2.75. The zero-order valence-corrected chi connectivity index (χ0v) is 16.8. The van der Waals surface area contributed by atoms with Gasteiger partial charge >= 0.3 is 0 Å². The van der Waals surface area contributed by atoms with Crippen molar-refractivity contribution in [2.24, 2.45) is 0 Å². The Kier molecular flexibility index (Phi) is 6.01. The molecule has 2 aromatic carbocycles. The van der Waals surface area contributed by atoms with Gasteiger partial charge in [0.2, 0.25) is 0 Å². The lowest BCUT2D eigenvalue weighted by Gasteiger charge is -2.36. The van der Waals surface area contributed by atoms with Gasteiger partial charge in [-0.2, -0.15) is 5.26 Å². The molecule has 146 valence electrons. The lowest BCUT2D eigenvalue weighted by Crippen LogP contribution is -2.46. The van der Waals surface area contributed by atoms with Crippen molar-refractivity contribution in [1.29, 1.82) is 5.26 Å². The van der Waals surface area contributed by atoms with Gasteiger partial charge in [0, 0.05) is 75.3 Å². The van der Waals surface area contributed by atoms with Gasteiger partial charge in [0.1, 0.15) is 0 Å². The minimum absolute atomic E-state index is 0.774. The van der Waals surface area contributed by atoms with Crippen molar-refractivity contribution in [3.05, 3.63) is 58.6 Å². The van der Waals surface area contributed by atoms with Crippen molar-refractivity contribution in [2.45, 2.75) is 6.54 Å². The van der Waals surface area contributed by atoms with Gasteiger partial charge in [-0.05, 0) is 48.0 Å². The fraction of sp³-hybridized carbons (Fsp3) is 0.409. The van der Waals surface area contributed by atoms with Crippen LogP contribution in [0.4, 0.5) is 11.4 Å². The molecule has 2 aromatic rings. The molecule has 0 unspecified atom stereocenters. The Labute approximate surface area is 172 Å². The maximum atomic E-state index is 9.55. The highest BCUT2D eigenvalue weighted by atomic mass is 35.5. The molecule has 0 bridgehead atoms. The van der Waals surface area contributed by atoms with Gasteiger partial charge in [-0.3, -0.25) is 4.90 Å². The summed E-state index contributed by atoms with van der Waals surface area (Å²) in [6.07, 6.45) is 0. The molecule has 1 N–H and O–H groups in total. The first-order chi connectivity index (χ1) is 13.7. The maximum Gasteiger partial charge on any atom is 0.0995 e. The molecule has 0 radical (unpaired) electrons. The summed E-state index contributed by atoms with van der Waals surface area (Å²) in [5.41, 5.74) is 4.38. The lowest BCUT2D eigenvalue weighted by atomic mass is 10.1. The van der Waals surface area contributed by atoms with E-state index < -0.39 is 0 Å². The molecular weight excluding hydrogens is 370 g/mol. The number of rotatable bonds is 4. The topological polar surface area (TPSA) is 45.5 Å². The van der Waals surface area contributed by atoms with Crippen molar-refractivity contribution < 1.29 is 0 Å². The van der Waals surface area contributed by atoms with Crippen molar-refractivity contribution >= 4 is 23.0 Å². The first-order valence-electron chi connectivity index (χ1n) is 9.94. The highest BCUT2D eigenvalue weighted by Crippen LogP contribution is 2.23. The quantitative estimate of drug-likeness (QED) is 0.862. The predicted molar refractivity (Wildman–Crippen MR) is 115 cm³/mol. The van der Waals surface area contributed by atoms with Gasteiger partial charge < -0.3 is 15.1 Å². The Morgan fingerprint density at radius 1 is 0.857 bits per heavy atom. The average molecular weight is 396 g/mol. The number of piperazine rings is 2. The number of nitrogens with zero attached hydrogens (tertiary/aromatic N) is 4. The van der Waals surface area contributed by atoms with Crippen molar-refractivity contribution in [3.8, 4) is 6.07 Å². The summed E-state index contributed by atoms with van der Waals surface area (Å²) in [5, 5.41) is 13.7. The number of nitrogens with one attached hydrogen (secondary N) is 1. The fourth-order valence-corrected chi connectivity index (χ4v) is 4.12. The van der Waals surface area contributed by atoms with Crippen LogP contribution in [0.3, 0.4) is 0 Å². The van der Waals surface area contributed by atoms with E-state index in [0.29, 0.717) is 0 Å². The van der Waals surface area contributed by atoms with E-state index >= 15 is 0 Å². The number of hydrogen-bond acceptors (Lipinski definition) is 5. The molecular formula is C22H26ClN5. The molecule has 0 saturated carbocycles. The minimum Gasteiger partial charge on any atom is -0.369 e. The van der Waals surface area contributed by atoms with Crippen LogP contribution >= 0.6 is 11.6 Å². The number of anilines is 2. The van der Waals surface area contributed by atoms with Gasteiger partial charge in [-0.1, -0.05) is 11.6 Å². The summed E-state index contributed by atoms with van der Waals surface area (Å²) in [5.74, 6) is 0. The second-order valence-corrected chi connectivity index (χ2v) is 7.87. The number of hydrogen-bond donors (Lipinski definition) is 1. The largest absolute Gasteiger partial charge is 0.369 e. The molecule has 2 fully saturated rings. The van der Waals surface area contributed by atoms with E-state index in [1.54, 1.807) is 0 Å². The monoisotopic (exact) mass is 395 g/mol. The number of nitriles is 1. The van der Waals surface area contributed by atoms with Gasteiger partial charge in [0.05, 0.1) is 11.6 Å². The van der Waals surface area contributed by atoms with Crippen molar-refractivity contribution in [1.82, 2.24) is 10.2 Å². The molecule has 4 rings (SSSR count). The Balaban J connectivity index is 1.41. The summed E-state index contributed by atoms with van der Waals surface area (Å²) >= 11 is 6.00. The maximum absolute atomic E-state index is 9.55. The molecule has 2 aliphatic rings. The van der Waals surface area contributed by atoms with Gasteiger partial charge in [-0.15, -0.1) is 0 Å². The molecule has 0 spiro atoms. The lowest BCUT2D eigenvalue weighted by molar-refractivity contribution is 0.249. The van der Waals surface area contributed by atoms with E-state index in [-0.39, 0.29) is 0 Å². The Hall–Kier alpha value is -2.26. The Morgan fingerprint density at radius 3 is 2.18 bits per heavy atom. The third-order valence-corrected chi connectivity index (χ3v) is 5.90. The third kappa shape index (κ3) is 4.41. The number of halogens is 1. The SMILES string of the molecule is N#Cc1ccc(N2CCNCC2)cc1CN1CCN(c2ccc(Cl)cc2)CC1. The van der Waals surface area contributed by atoms with E-state index in [1.165, 1.54) is 11.4 Å². The van der Waals surface area contributed by atoms with E-state index in [4.69, 9.17) is 11.6 Å². The second-order valence-electron chi connectivity index (χ2n) is 7.43. The minimum atomic E-state index is 0.774. The molecule has 0 aliphatic carbocycles. The smallest absolute Gasteiger partial charge is 0.0995 e. The van der Waals surface area contributed by atoms with Crippen molar-refractivity contribution in [2.75, 3.05) is 62.2 Å². The Bertz CT molecular complexity index is 831. The first-order valence-corrected chi connectivity index (χ1v) is 10.3. The van der Waals surface area contributed by atoms with E-state index in [2.05, 4.69) is 50.4 Å². The van der Waals surface area contributed by atoms with E-state index in [1.807, 2.05) is 18.2 Å². The standard InChI is InChI=1S/C22H26ClN5/c23-20-2-5-21(6-3-20)28-13-11-26(12-14-28)17-19-15-22(4-1-18(19)16-24)27-9-7-25-8-10-27/h1-6,15,25H,7-14,17H2. The molecule has 2 saturated heterocycles. The van der Waals surface area contributed by atoms with Crippen LogP contribution in [0.2, 0.25) is 5.02 Å².